The molecule has 0 saturated heterocycles. The quantitative estimate of drug-likeness (QED) is 0.660. The number of aromatic nitrogens is 1. The molecule has 0 aliphatic carbocycles. The molecule has 1 nitrogen and oxygen atoms in total. The summed E-state index contributed by atoms with van der Waals surface area (Å²) in [6.45, 7) is 4.45. The minimum Gasteiger partial charge on any atom is -0.354 e. The number of hydrogen-bond donors (Lipinski definition) is 1. The molecule has 3 aromatic rings. The van der Waals surface area contributed by atoms with Crippen molar-refractivity contribution in [3.8, 4) is 0 Å². The minimum atomic E-state index is 1.09. The van der Waals surface area contributed by atoms with Crippen molar-refractivity contribution in [1.82, 2.24) is 4.98 Å². The maximum atomic E-state index is 3.53. The lowest BCUT2D eigenvalue weighted by Crippen LogP contribution is -1.84. The molecule has 2 aromatic carbocycles. The Bertz CT molecular complexity index is 618. The van der Waals surface area contributed by atoms with Crippen molar-refractivity contribution in [2.45, 2.75) is 26.7 Å². The van der Waals surface area contributed by atoms with Gasteiger partial charge >= 0.3 is 0 Å². The van der Waals surface area contributed by atoms with Crippen LogP contribution in [0.1, 0.15) is 25.0 Å². The summed E-state index contributed by atoms with van der Waals surface area (Å²) in [6, 6.07) is 13.1. The topological polar surface area (TPSA) is 15.8 Å². The fourth-order valence-corrected chi connectivity index (χ4v) is 2.73. The molecule has 0 bridgehead atoms. The van der Waals surface area contributed by atoms with E-state index in [9.17, 15) is 0 Å². The van der Waals surface area contributed by atoms with Crippen LogP contribution in [0.2, 0.25) is 0 Å². The average molecular weight is 223 g/mol. The van der Waals surface area contributed by atoms with E-state index in [0.717, 1.165) is 12.8 Å². The highest BCUT2D eigenvalue weighted by atomic mass is 14.7. The van der Waals surface area contributed by atoms with Crippen LogP contribution >= 0.6 is 0 Å². The van der Waals surface area contributed by atoms with Gasteiger partial charge in [-0.2, -0.15) is 0 Å². The molecule has 3 rings (SSSR count). The Hall–Kier alpha value is -1.76. The Morgan fingerprint density at radius 1 is 0.765 bits per heavy atom. The highest BCUT2D eigenvalue weighted by Gasteiger charge is 2.09. The number of rotatable bonds is 2. The average Bonchev–Trinajstić information content (AvgIpc) is 2.76. The predicted molar refractivity (Wildman–Crippen MR) is 74.6 cm³/mol. The summed E-state index contributed by atoms with van der Waals surface area (Å²) in [4.78, 5) is 3.53. The van der Waals surface area contributed by atoms with Crippen molar-refractivity contribution in [2.24, 2.45) is 0 Å². The third-order valence-corrected chi connectivity index (χ3v) is 3.58. The highest BCUT2D eigenvalue weighted by Crippen LogP contribution is 2.31. The molecule has 1 N–H and O–H groups in total. The Kier molecular flexibility index (Phi) is 2.40. The molecule has 0 aliphatic heterocycles. The summed E-state index contributed by atoms with van der Waals surface area (Å²) >= 11 is 0. The minimum absolute atomic E-state index is 1.09. The van der Waals surface area contributed by atoms with Crippen LogP contribution in [0.3, 0.4) is 0 Å². The van der Waals surface area contributed by atoms with Crippen LogP contribution in [0.25, 0.3) is 21.8 Å². The fraction of sp³-hybridized carbons (Fsp3) is 0.250. The smallest absolute Gasteiger partial charge is 0.0467 e. The number of aromatic amines is 1. The van der Waals surface area contributed by atoms with Crippen molar-refractivity contribution in [3.63, 3.8) is 0 Å². The fourth-order valence-electron chi connectivity index (χ4n) is 2.73. The molecule has 17 heavy (non-hydrogen) atoms. The molecule has 0 saturated carbocycles. The molecule has 0 amide bonds. The second kappa shape index (κ2) is 3.92. The molecular formula is C16H17N. The molecule has 0 radical (unpaired) electrons. The van der Waals surface area contributed by atoms with E-state index in [-0.39, 0.29) is 0 Å². The van der Waals surface area contributed by atoms with Crippen molar-refractivity contribution in [1.29, 1.82) is 0 Å². The summed E-state index contributed by atoms with van der Waals surface area (Å²) in [5.41, 5.74) is 5.41. The number of hydrogen-bond acceptors (Lipinski definition) is 0. The summed E-state index contributed by atoms with van der Waals surface area (Å²) in [5.74, 6) is 0. The second-order valence-electron chi connectivity index (χ2n) is 4.51. The van der Waals surface area contributed by atoms with Crippen LogP contribution in [0, 0.1) is 0 Å². The highest BCUT2D eigenvalue weighted by molar-refractivity contribution is 6.10. The van der Waals surface area contributed by atoms with E-state index in [4.69, 9.17) is 0 Å². The number of nitrogens with one attached hydrogen (secondary N) is 1. The van der Waals surface area contributed by atoms with Crippen molar-refractivity contribution >= 4 is 21.8 Å². The van der Waals surface area contributed by atoms with Crippen molar-refractivity contribution in [2.75, 3.05) is 0 Å². The van der Waals surface area contributed by atoms with Gasteiger partial charge in [-0.15, -0.1) is 0 Å². The monoisotopic (exact) mass is 223 g/mol. The summed E-state index contributed by atoms with van der Waals surface area (Å²) in [5, 5.41) is 2.84. The molecule has 1 aromatic heterocycles. The number of H-pyrrole nitrogens is 1. The van der Waals surface area contributed by atoms with Gasteiger partial charge in [0.15, 0.2) is 0 Å². The van der Waals surface area contributed by atoms with Gasteiger partial charge in [-0.3, -0.25) is 0 Å². The van der Waals surface area contributed by atoms with Crippen LogP contribution in [0.15, 0.2) is 36.4 Å². The molecule has 0 atom stereocenters. The van der Waals surface area contributed by atoms with Gasteiger partial charge in [0, 0.05) is 21.8 Å². The van der Waals surface area contributed by atoms with E-state index in [2.05, 4.69) is 55.2 Å². The number of fused-ring (bicyclic) bond motifs is 3. The maximum absolute atomic E-state index is 3.53. The first-order valence-electron chi connectivity index (χ1n) is 6.36. The predicted octanol–water partition coefficient (Wildman–Crippen LogP) is 4.45. The van der Waals surface area contributed by atoms with Gasteiger partial charge in [0.05, 0.1) is 0 Å². The summed E-state index contributed by atoms with van der Waals surface area (Å²) in [7, 11) is 0. The van der Waals surface area contributed by atoms with Crippen molar-refractivity contribution < 1.29 is 0 Å². The second-order valence-corrected chi connectivity index (χ2v) is 4.51. The van der Waals surface area contributed by atoms with Crippen LogP contribution in [0.4, 0.5) is 0 Å². The Morgan fingerprint density at radius 2 is 1.24 bits per heavy atom. The Morgan fingerprint density at radius 3 is 1.65 bits per heavy atom. The van der Waals surface area contributed by atoms with Crippen LogP contribution in [-0.2, 0) is 12.8 Å². The summed E-state index contributed by atoms with van der Waals surface area (Å²) < 4.78 is 0. The van der Waals surface area contributed by atoms with E-state index in [1.807, 2.05) is 0 Å². The first-order valence-corrected chi connectivity index (χ1v) is 6.36. The Balaban J connectivity index is 2.55. The third kappa shape index (κ3) is 1.46. The van der Waals surface area contributed by atoms with Gasteiger partial charge in [-0.25, -0.2) is 0 Å². The standard InChI is InChI=1S/C16H17N/c1-3-11-7-5-9-13-15(11)16-12(4-2)8-6-10-14(16)17-13/h5-10,17H,3-4H2,1-2H3. The maximum Gasteiger partial charge on any atom is 0.0467 e. The molecule has 0 unspecified atom stereocenters. The SMILES string of the molecule is CCc1cccc2[nH]c3cccc(CC)c3c12. The molecule has 0 aliphatic rings. The van der Waals surface area contributed by atoms with E-state index >= 15 is 0 Å². The lowest BCUT2D eigenvalue weighted by atomic mass is 10.00. The number of benzene rings is 2. The van der Waals surface area contributed by atoms with Gasteiger partial charge in [0.25, 0.3) is 0 Å². The normalized spacial score (nSPS) is 11.4. The van der Waals surface area contributed by atoms with Gasteiger partial charge in [-0.1, -0.05) is 38.1 Å². The molecule has 0 spiro atoms. The lowest BCUT2D eigenvalue weighted by molar-refractivity contribution is 1.15. The molecule has 0 fully saturated rings. The van der Waals surface area contributed by atoms with Gasteiger partial charge in [0.2, 0.25) is 0 Å². The first kappa shape index (κ1) is 10.4. The molecule has 1 heterocycles. The summed E-state index contributed by atoms with van der Waals surface area (Å²) in [6.07, 6.45) is 2.17. The largest absolute Gasteiger partial charge is 0.354 e. The van der Waals surface area contributed by atoms with E-state index < -0.39 is 0 Å². The Labute approximate surface area is 101 Å². The van der Waals surface area contributed by atoms with E-state index in [1.165, 1.54) is 32.9 Å². The van der Waals surface area contributed by atoms with Gasteiger partial charge < -0.3 is 4.98 Å². The van der Waals surface area contributed by atoms with Crippen LogP contribution in [-0.4, -0.2) is 4.98 Å². The first-order chi connectivity index (χ1) is 8.35. The van der Waals surface area contributed by atoms with E-state index in [0.29, 0.717) is 0 Å². The molecule has 1 heteroatoms. The number of aryl methyl sites for hydroxylation is 2. The zero-order valence-corrected chi connectivity index (χ0v) is 10.4. The zero-order chi connectivity index (χ0) is 11.8. The van der Waals surface area contributed by atoms with Crippen molar-refractivity contribution in [3.05, 3.63) is 47.5 Å². The zero-order valence-electron chi connectivity index (χ0n) is 10.4. The van der Waals surface area contributed by atoms with E-state index in [1.54, 1.807) is 0 Å². The van der Waals surface area contributed by atoms with Gasteiger partial charge in [0.1, 0.15) is 0 Å². The van der Waals surface area contributed by atoms with Crippen LogP contribution in [0.5, 0.6) is 0 Å². The van der Waals surface area contributed by atoms with Gasteiger partial charge in [-0.05, 0) is 36.1 Å². The van der Waals surface area contributed by atoms with Crippen LogP contribution < -0.4 is 0 Å². The molecule has 86 valence electrons. The lowest BCUT2D eigenvalue weighted by Gasteiger charge is -2.03. The third-order valence-electron chi connectivity index (χ3n) is 3.58. The molecular weight excluding hydrogens is 206 g/mol.